The molecule has 0 spiro atoms. The first-order chi connectivity index (χ1) is 10.6. The minimum Gasteiger partial charge on any atom is -0.487 e. The van der Waals surface area contributed by atoms with Crippen molar-refractivity contribution in [1.82, 2.24) is 0 Å². The quantitative estimate of drug-likeness (QED) is 0.761. The Morgan fingerprint density at radius 3 is 2.22 bits per heavy atom. The van der Waals surface area contributed by atoms with Gasteiger partial charge in [0.15, 0.2) is 5.76 Å². The van der Waals surface area contributed by atoms with Gasteiger partial charge in [0.25, 0.3) is 0 Å². The van der Waals surface area contributed by atoms with E-state index in [9.17, 15) is 9.90 Å². The molecule has 1 N–H and O–H groups in total. The van der Waals surface area contributed by atoms with Crippen LogP contribution in [0.15, 0.2) is 23.2 Å². The zero-order valence-electron chi connectivity index (χ0n) is 15.1. The molecule has 5 heteroatoms. The van der Waals surface area contributed by atoms with Crippen molar-refractivity contribution in [1.29, 1.82) is 0 Å². The van der Waals surface area contributed by atoms with E-state index in [1.165, 1.54) is 0 Å². The lowest BCUT2D eigenvalue weighted by atomic mass is 9.72. The minimum absolute atomic E-state index is 0.122. The summed E-state index contributed by atoms with van der Waals surface area (Å²) in [7, 11) is 1.59. The lowest BCUT2D eigenvalue weighted by Gasteiger charge is -2.43. The van der Waals surface area contributed by atoms with Gasteiger partial charge in [-0.25, -0.2) is 0 Å². The Hall–Kier alpha value is -1.33. The van der Waals surface area contributed by atoms with E-state index in [0.29, 0.717) is 5.57 Å². The Morgan fingerprint density at radius 1 is 1.17 bits per heavy atom. The Labute approximate surface area is 138 Å². The highest BCUT2D eigenvalue weighted by Gasteiger charge is 2.63. The monoisotopic (exact) mass is 324 g/mol. The number of allylic oxidation sites excluding steroid dienone is 1. The number of carbonyl (C=O) groups is 1. The maximum absolute atomic E-state index is 12.7. The van der Waals surface area contributed by atoms with Crippen molar-refractivity contribution in [2.45, 2.75) is 71.9 Å². The molecule has 130 valence electrons. The van der Waals surface area contributed by atoms with Crippen molar-refractivity contribution in [2.75, 3.05) is 7.11 Å². The molecule has 0 fully saturated rings. The third kappa shape index (κ3) is 2.81. The van der Waals surface area contributed by atoms with Crippen LogP contribution in [0, 0.1) is 5.41 Å². The number of ether oxygens (including phenoxy) is 3. The van der Waals surface area contributed by atoms with E-state index >= 15 is 0 Å². The van der Waals surface area contributed by atoms with E-state index in [4.69, 9.17) is 14.2 Å². The van der Waals surface area contributed by atoms with Crippen LogP contribution in [0.1, 0.15) is 48.0 Å². The van der Waals surface area contributed by atoms with Crippen LogP contribution in [0.2, 0.25) is 0 Å². The topological polar surface area (TPSA) is 65.0 Å². The van der Waals surface area contributed by atoms with Gasteiger partial charge >= 0.3 is 0 Å². The summed E-state index contributed by atoms with van der Waals surface area (Å²) in [6.45, 7) is 11.5. The van der Waals surface area contributed by atoms with Crippen molar-refractivity contribution in [3.63, 3.8) is 0 Å². The lowest BCUT2D eigenvalue weighted by Crippen LogP contribution is -2.57. The lowest BCUT2D eigenvalue weighted by molar-refractivity contribution is -0.147. The number of aliphatic hydroxyl groups is 1. The SMILES string of the molecule is COC1C(C2(O)C(=O)C(OC(C)C)=C2OC(C)C)=CCC1(C)C. The van der Waals surface area contributed by atoms with Crippen LogP contribution in [-0.4, -0.2) is 41.9 Å². The first kappa shape index (κ1) is 18.0. The number of Topliss-reactive ketones (excluding diaryl/α,β-unsaturated/α-hetero) is 1. The van der Waals surface area contributed by atoms with Gasteiger partial charge in [-0.15, -0.1) is 0 Å². The Bertz CT molecular complexity index is 556. The third-order valence-electron chi connectivity index (χ3n) is 4.27. The van der Waals surface area contributed by atoms with Crippen molar-refractivity contribution < 1.29 is 24.1 Å². The molecule has 2 aliphatic rings. The van der Waals surface area contributed by atoms with E-state index in [-0.39, 0.29) is 35.2 Å². The third-order valence-corrected chi connectivity index (χ3v) is 4.27. The summed E-state index contributed by atoms with van der Waals surface area (Å²) >= 11 is 0. The summed E-state index contributed by atoms with van der Waals surface area (Å²) < 4.78 is 16.9. The van der Waals surface area contributed by atoms with Gasteiger partial charge in [-0.1, -0.05) is 19.9 Å². The zero-order valence-corrected chi connectivity index (χ0v) is 15.1. The number of hydrogen-bond donors (Lipinski definition) is 1. The fraction of sp³-hybridized carbons (Fsp3) is 0.722. The number of ketones is 1. The van der Waals surface area contributed by atoms with Crippen molar-refractivity contribution in [3.8, 4) is 0 Å². The van der Waals surface area contributed by atoms with Crippen LogP contribution in [0.3, 0.4) is 0 Å². The molecule has 0 radical (unpaired) electrons. The summed E-state index contributed by atoms with van der Waals surface area (Å²) in [5.41, 5.74) is -1.40. The highest BCUT2D eigenvalue weighted by molar-refractivity contribution is 6.12. The van der Waals surface area contributed by atoms with E-state index in [0.717, 1.165) is 6.42 Å². The van der Waals surface area contributed by atoms with Crippen LogP contribution < -0.4 is 0 Å². The molecule has 0 bridgehead atoms. The highest BCUT2D eigenvalue weighted by atomic mass is 16.6. The second-order valence-electron chi connectivity index (χ2n) is 7.50. The van der Waals surface area contributed by atoms with Gasteiger partial charge in [-0.3, -0.25) is 4.79 Å². The Morgan fingerprint density at radius 2 is 1.74 bits per heavy atom. The molecule has 0 saturated heterocycles. The van der Waals surface area contributed by atoms with Crippen LogP contribution in [-0.2, 0) is 19.0 Å². The van der Waals surface area contributed by atoms with E-state index in [1.54, 1.807) is 7.11 Å². The van der Waals surface area contributed by atoms with Gasteiger partial charge in [0, 0.05) is 12.7 Å². The molecule has 0 aromatic heterocycles. The zero-order chi connectivity index (χ0) is 17.6. The first-order valence-corrected chi connectivity index (χ1v) is 8.14. The number of rotatable bonds is 6. The summed E-state index contributed by atoms with van der Waals surface area (Å²) in [6.07, 6.45) is 1.93. The molecule has 0 saturated carbocycles. The molecular weight excluding hydrogens is 296 g/mol. The molecule has 2 atom stereocenters. The van der Waals surface area contributed by atoms with E-state index in [1.807, 2.05) is 33.8 Å². The molecule has 2 unspecified atom stereocenters. The predicted octanol–water partition coefficient (Wildman–Crippen LogP) is 2.73. The fourth-order valence-electron chi connectivity index (χ4n) is 3.24. The van der Waals surface area contributed by atoms with Gasteiger partial charge < -0.3 is 19.3 Å². The van der Waals surface area contributed by atoms with Crippen LogP contribution >= 0.6 is 0 Å². The standard InChI is InChI=1S/C18H28O5/c1-10(2)22-13-14(19)18(20,16(13)23-11(3)4)12-8-9-17(5,6)15(12)21-7/h8,10-11,15,20H,9H2,1-7H3. The fourth-order valence-corrected chi connectivity index (χ4v) is 3.24. The molecule has 0 heterocycles. The van der Waals surface area contributed by atoms with Gasteiger partial charge in [0.1, 0.15) is 0 Å². The average Bonchev–Trinajstić information content (AvgIpc) is 2.76. The first-order valence-electron chi connectivity index (χ1n) is 8.14. The molecule has 23 heavy (non-hydrogen) atoms. The van der Waals surface area contributed by atoms with Crippen LogP contribution in [0.25, 0.3) is 0 Å². The molecule has 0 amide bonds. The average molecular weight is 324 g/mol. The molecule has 2 rings (SSSR count). The molecule has 2 aliphatic carbocycles. The molecule has 0 aromatic rings. The highest BCUT2D eigenvalue weighted by Crippen LogP contribution is 2.51. The van der Waals surface area contributed by atoms with Crippen LogP contribution in [0.4, 0.5) is 0 Å². The Kier molecular flexibility index (Phi) is 4.66. The van der Waals surface area contributed by atoms with Gasteiger partial charge in [-0.2, -0.15) is 0 Å². The predicted molar refractivity (Wildman–Crippen MR) is 86.7 cm³/mol. The maximum Gasteiger partial charge on any atom is 0.244 e. The number of carbonyl (C=O) groups excluding carboxylic acids is 1. The van der Waals surface area contributed by atoms with Crippen molar-refractivity contribution >= 4 is 5.78 Å². The Balaban J connectivity index is 2.44. The molecule has 0 aromatic carbocycles. The minimum atomic E-state index is -1.77. The summed E-state index contributed by atoms with van der Waals surface area (Å²) in [5, 5.41) is 11.1. The van der Waals surface area contributed by atoms with Gasteiger partial charge in [0.2, 0.25) is 17.1 Å². The van der Waals surface area contributed by atoms with E-state index < -0.39 is 11.4 Å². The largest absolute Gasteiger partial charge is 0.487 e. The number of hydrogen-bond acceptors (Lipinski definition) is 5. The smallest absolute Gasteiger partial charge is 0.244 e. The summed E-state index contributed by atoms with van der Waals surface area (Å²) in [6, 6.07) is 0. The van der Waals surface area contributed by atoms with Crippen molar-refractivity contribution in [3.05, 3.63) is 23.2 Å². The van der Waals surface area contributed by atoms with Gasteiger partial charge in [0.05, 0.1) is 18.3 Å². The van der Waals surface area contributed by atoms with E-state index in [2.05, 4.69) is 13.8 Å². The second-order valence-corrected chi connectivity index (χ2v) is 7.50. The molecule has 0 aliphatic heterocycles. The molecular formula is C18H28O5. The van der Waals surface area contributed by atoms with Gasteiger partial charge in [-0.05, 0) is 39.5 Å². The summed E-state index contributed by atoms with van der Waals surface area (Å²) in [5.74, 6) is -0.123. The molecule has 5 nitrogen and oxygen atoms in total. The van der Waals surface area contributed by atoms with Crippen LogP contribution in [0.5, 0.6) is 0 Å². The van der Waals surface area contributed by atoms with Crippen molar-refractivity contribution in [2.24, 2.45) is 5.41 Å². The number of methoxy groups -OCH3 is 1. The normalized spacial score (nSPS) is 29.9. The summed E-state index contributed by atoms with van der Waals surface area (Å²) in [4.78, 5) is 12.7. The maximum atomic E-state index is 12.7. The second kappa shape index (κ2) is 5.95.